The van der Waals surface area contributed by atoms with Gasteiger partial charge in [-0.05, 0) is 72.4 Å². The number of hydrogen-bond acceptors (Lipinski definition) is 6. The number of benzene rings is 2. The van der Waals surface area contributed by atoms with E-state index in [1.54, 1.807) is 6.26 Å². The van der Waals surface area contributed by atoms with E-state index in [0.29, 0.717) is 26.1 Å². The highest BCUT2D eigenvalue weighted by atomic mass is 16.5. The van der Waals surface area contributed by atoms with Crippen molar-refractivity contribution in [2.24, 2.45) is 0 Å². The second kappa shape index (κ2) is 10.2. The molecule has 1 aliphatic heterocycles. The first-order valence-corrected chi connectivity index (χ1v) is 11.8. The van der Waals surface area contributed by atoms with E-state index in [1.807, 2.05) is 30.5 Å². The maximum absolute atomic E-state index is 12.9. The number of ketones is 1. The molecule has 0 unspecified atom stereocenters. The lowest BCUT2D eigenvalue weighted by Crippen LogP contribution is -2.15. The number of carbonyl (C=O) groups is 1. The van der Waals surface area contributed by atoms with E-state index < -0.39 is 0 Å². The molecule has 0 bridgehead atoms. The Bertz CT molecular complexity index is 1300. The number of hydrogen-bond donors (Lipinski definition) is 1. The monoisotopic (exact) mass is 456 g/mol. The average molecular weight is 457 g/mol. The minimum Gasteiger partial charge on any atom is -0.464 e. The second-order valence-electron chi connectivity index (χ2n) is 8.56. The maximum atomic E-state index is 12.9. The number of rotatable bonds is 10. The molecule has 2 aromatic carbocycles. The summed E-state index contributed by atoms with van der Waals surface area (Å²) in [6.45, 7) is 1.60. The number of Topliss-reactive ketones (excluding diaryl/α,β-unsaturated/α-hetero) is 1. The molecule has 6 nitrogen and oxygen atoms in total. The molecule has 5 rings (SSSR count). The zero-order valence-corrected chi connectivity index (χ0v) is 19.1. The Morgan fingerprint density at radius 3 is 2.91 bits per heavy atom. The number of aliphatic hydroxyl groups excluding tert-OH is 1. The molecule has 0 aliphatic carbocycles. The molecule has 2 aromatic heterocycles. The van der Waals surface area contributed by atoms with Crippen LogP contribution in [0.1, 0.15) is 39.9 Å². The van der Waals surface area contributed by atoms with Crippen molar-refractivity contribution in [3.63, 3.8) is 0 Å². The van der Waals surface area contributed by atoms with Crippen LogP contribution in [0.2, 0.25) is 0 Å². The highest BCUT2D eigenvalue weighted by Gasteiger charge is 2.25. The Balaban J connectivity index is 1.31. The van der Waals surface area contributed by atoms with Crippen LogP contribution in [0, 0.1) is 0 Å². The van der Waals surface area contributed by atoms with Crippen LogP contribution in [-0.2, 0) is 17.6 Å². The number of fused-ring (bicyclic) bond motifs is 2. The molecule has 0 fully saturated rings. The molecule has 34 heavy (non-hydrogen) atoms. The molecule has 3 heterocycles. The van der Waals surface area contributed by atoms with Crippen molar-refractivity contribution in [1.82, 2.24) is 4.98 Å². The van der Waals surface area contributed by atoms with Gasteiger partial charge >= 0.3 is 0 Å². The van der Waals surface area contributed by atoms with Gasteiger partial charge < -0.3 is 19.2 Å². The third-order valence-electron chi connectivity index (χ3n) is 6.27. The van der Waals surface area contributed by atoms with E-state index >= 15 is 0 Å². The summed E-state index contributed by atoms with van der Waals surface area (Å²) in [7, 11) is 0. The number of aromatic nitrogens is 1. The molecule has 0 saturated heterocycles. The molecule has 174 valence electrons. The summed E-state index contributed by atoms with van der Waals surface area (Å²) < 4.78 is 10.7. The number of pyridine rings is 1. The average Bonchev–Trinajstić information content (AvgIpc) is 3.50. The summed E-state index contributed by atoms with van der Waals surface area (Å²) in [5, 5.41) is 9.90. The fourth-order valence-corrected chi connectivity index (χ4v) is 4.65. The van der Waals surface area contributed by atoms with Crippen LogP contribution in [-0.4, -0.2) is 42.2 Å². The molecular weight excluding hydrogens is 428 g/mol. The lowest BCUT2D eigenvalue weighted by Gasteiger charge is -2.19. The molecule has 0 radical (unpaired) electrons. The minimum absolute atomic E-state index is 0.00479. The third-order valence-corrected chi connectivity index (χ3v) is 6.27. The highest BCUT2D eigenvalue weighted by Crippen LogP contribution is 2.36. The van der Waals surface area contributed by atoms with Crippen molar-refractivity contribution >= 4 is 28.3 Å². The number of anilines is 2. The zero-order valence-electron chi connectivity index (χ0n) is 19.1. The lowest BCUT2D eigenvalue weighted by atomic mass is 9.99. The Morgan fingerprint density at radius 2 is 2.00 bits per heavy atom. The van der Waals surface area contributed by atoms with Crippen LogP contribution in [0.25, 0.3) is 11.0 Å². The largest absolute Gasteiger partial charge is 0.464 e. The van der Waals surface area contributed by atoms with Crippen LogP contribution in [0.15, 0.2) is 71.5 Å². The highest BCUT2D eigenvalue weighted by molar-refractivity contribution is 5.99. The van der Waals surface area contributed by atoms with Gasteiger partial charge in [-0.1, -0.05) is 18.2 Å². The van der Waals surface area contributed by atoms with Gasteiger partial charge in [0.05, 0.1) is 19.5 Å². The zero-order chi connectivity index (χ0) is 23.3. The third kappa shape index (κ3) is 4.74. The predicted octanol–water partition coefficient (Wildman–Crippen LogP) is 5.08. The Labute approximate surface area is 198 Å². The van der Waals surface area contributed by atoms with Crippen molar-refractivity contribution in [2.45, 2.75) is 25.7 Å². The Hall–Kier alpha value is -3.48. The van der Waals surface area contributed by atoms with Crippen LogP contribution < -0.4 is 4.90 Å². The van der Waals surface area contributed by atoms with Gasteiger partial charge in [0.2, 0.25) is 0 Å². The first kappa shape index (κ1) is 22.3. The number of furan rings is 1. The molecule has 0 amide bonds. The van der Waals surface area contributed by atoms with Crippen molar-refractivity contribution in [2.75, 3.05) is 31.3 Å². The van der Waals surface area contributed by atoms with Gasteiger partial charge in [-0.15, -0.1) is 0 Å². The smallest absolute Gasteiger partial charge is 0.163 e. The molecular formula is C28H28N2O4. The number of aliphatic hydroxyl groups is 1. The first-order valence-electron chi connectivity index (χ1n) is 11.8. The van der Waals surface area contributed by atoms with Crippen LogP contribution in [0.5, 0.6) is 0 Å². The Morgan fingerprint density at radius 1 is 1.09 bits per heavy atom. The summed E-state index contributed by atoms with van der Waals surface area (Å²) in [6, 6.07) is 18.4. The van der Waals surface area contributed by atoms with Crippen LogP contribution in [0.3, 0.4) is 0 Å². The van der Waals surface area contributed by atoms with Gasteiger partial charge in [0.1, 0.15) is 11.4 Å². The predicted molar refractivity (Wildman–Crippen MR) is 132 cm³/mol. The molecule has 0 saturated carbocycles. The SMILES string of the molecule is O=C(CCCOCCO)c1cccc2c1CCN2c1cc(Cc2ccc3occc3c2)ccn1. The lowest BCUT2D eigenvalue weighted by molar-refractivity contribution is 0.0832. The van der Waals surface area contributed by atoms with Gasteiger partial charge in [0.15, 0.2) is 5.78 Å². The number of carbonyl (C=O) groups excluding carboxylic acids is 1. The number of nitrogens with zero attached hydrogens (tertiary/aromatic N) is 2. The van der Waals surface area contributed by atoms with E-state index in [0.717, 1.165) is 53.0 Å². The Kier molecular flexibility index (Phi) is 6.70. The van der Waals surface area contributed by atoms with Crippen molar-refractivity contribution < 1.29 is 19.1 Å². The van der Waals surface area contributed by atoms with Gasteiger partial charge in [-0.25, -0.2) is 4.98 Å². The molecule has 4 aromatic rings. The van der Waals surface area contributed by atoms with Crippen molar-refractivity contribution in [3.05, 3.63) is 89.3 Å². The standard InChI is InChI=1S/C28H28N2O4/c31-13-16-33-14-2-5-26(32)24-3-1-4-25-23(24)9-12-30(25)28-19-21(8-11-29-28)17-20-6-7-27-22(18-20)10-15-34-27/h1,3-4,6-8,10-11,15,18-19,31H,2,5,9,12-14,16-17H2. The van der Waals surface area contributed by atoms with E-state index in [2.05, 4.69) is 40.2 Å². The maximum Gasteiger partial charge on any atom is 0.163 e. The summed E-state index contributed by atoms with van der Waals surface area (Å²) >= 11 is 0. The van der Waals surface area contributed by atoms with Crippen molar-refractivity contribution in [1.29, 1.82) is 0 Å². The van der Waals surface area contributed by atoms with Gasteiger partial charge in [0.25, 0.3) is 0 Å². The van der Waals surface area contributed by atoms with E-state index in [4.69, 9.17) is 14.3 Å². The van der Waals surface area contributed by atoms with Gasteiger partial charge in [0, 0.05) is 42.4 Å². The summed E-state index contributed by atoms with van der Waals surface area (Å²) in [5.74, 6) is 1.05. The number of ether oxygens (including phenoxy) is 1. The van der Waals surface area contributed by atoms with E-state index in [9.17, 15) is 4.79 Å². The molecule has 0 atom stereocenters. The normalized spacial score (nSPS) is 12.9. The van der Waals surface area contributed by atoms with Crippen LogP contribution in [0.4, 0.5) is 11.5 Å². The van der Waals surface area contributed by atoms with Gasteiger partial charge in [-0.2, -0.15) is 0 Å². The van der Waals surface area contributed by atoms with E-state index in [-0.39, 0.29) is 12.4 Å². The van der Waals surface area contributed by atoms with Crippen LogP contribution >= 0.6 is 0 Å². The topological polar surface area (TPSA) is 75.8 Å². The molecule has 0 spiro atoms. The first-order chi connectivity index (χ1) is 16.7. The van der Waals surface area contributed by atoms with Gasteiger partial charge in [-0.3, -0.25) is 4.79 Å². The molecule has 6 heteroatoms. The summed E-state index contributed by atoms with van der Waals surface area (Å²) in [4.78, 5) is 19.7. The quantitative estimate of drug-likeness (QED) is 0.265. The van der Waals surface area contributed by atoms with E-state index in [1.165, 1.54) is 11.1 Å². The van der Waals surface area contributed by atoms with Crippen molar-refractivity contribution in [3.8, 4) is 0 Å². The summed E-state index contributed by atoms with van der Waals surface area (Å²) in [5.41, 5.74) is 6.27. The fraction of sp³-hybridized carbons (Fsp3) is 0.286. The minimum atomic E-state index is 0.00479. The second-order valence-corrected chi connectivity index (χ2v) is 8.56. The fourth-order valence-electron chi connectivity index (χ4n) is 4.65. The molecule has 1 N–H and O–H groups in total. The molecule has 1 aliphatic rings. The summed E-state index contributed by atoms with van der Waals surface area (Å²) in [6.07, 6.45) is 6.31.